The van der Waals surface area contributed by atoms with Crippen molar-refractivity contribution in [1.82, 2.24) is 9.97 Å². The Labute approximate surface area is 175 Å². The van der Waals surface area contributed by atoms with E-state index in [0.717, 1.165) is 11.1 Å². The summed E-state index contributed by atoms with van der Waals surface area (Å²) in [6.45, 7) is 0. The van der Waals surface area contributed by atoms with Gasteiger partial charge in [0, 0.05) is 23.3 Å². The molecule has 0 saturated heterocycles. The lowest BCUT2D eigenvalue weighted by molar-refractivity contribution is 0.514. The summed E-state index contributed by atoms with van der Waals surface area (Å²) in [7, 11) is 0. The minimum atomic E-state index is 0.151. The van der Waals surface area contributed by atoms with Crippen LogP contribution in [0.1, 0.15) is 22.5 Å². The Kier molecular flexibility index (Phi) is 5.67. The molecule has 0 saturated carbocycles. The van der Waals surface area contributed by atoms with Crippen LogP contribution in [0.5, 0.6) is 0 Å². The van der Waals surface area contributed by atoms with E-state index in [9.17, 15) is 10.2 Å². The van der Waals surface area contributed by atoms with Crippen LogP contribution in [-0.4, -0.2) is 20.2 Å². The Bertz CT molecular complexity index is 1100. The molecule has 0 fully saturated rings. The van der Waals surface area contributed by atoms with Gasteiger partial charge in [-0.2, -0.15) is 0 Å². The predicted octanol–water partition coefficient (Wildman–Crippen LogP) is 6.26. The maximum absolute atomic E-state index is 10.4. The third-order valence-electron chi connectivity index (χ3n) is 4.51. The van der Waals surface area contributed by atoms with Crippen LogP contribution in [0, 0.1) is 0 Å². The molecule has 0 bridgehead atoms. The second-order valence-electron chi connectivity index (χ2n) is 6.69. The van der Waals surface area contributed by atoms with Crippen molar-refractivity contribution >= 4 is 23.7 Å². The highest BCUT2D eigenvalue weighted by Gasteiger charge is 2.05. The monoisotopic (exact) mass is 392 g/mol. The number of hydrogen-bond donors (Lipinski definition) is 2. The standard InChI is InChI=1S/C26H20N2O2/c29-25(19-9-3-1-4-10-19)17-21-13-7-15-23(27-21)24-16-8-14-22(28-24)18-26(30)20-11-5-2-6-12-20/h1-18,29-30H/b25-17-,26-18-. The zero-order valence-electron chi connectivity index (χ0n) is 16.2. The third kappa shape index (κ3) is 4.62. The number of hydrogen-bond acceptors (Lipinski definition) is 4. The van der Waals surface area contributed by atoms with E-state index in [0.29, 0.717) is 22.8 Å². The third-order valence-corrected chi connectivity index (χ3v) is 4.51. The van der Waals surface area contributed by atoms with Gasteiger partial charge in [-0.05, 0) is 24.3 Å². The Balaban J connectivity index is 1.62. The molecule has 4 rings (SSSR count). The van der Waals surface area contributed by atoms with Crippen molar-refractivity contribution in [3.63, 3.8) is 0 Å². The summed E-state index contributed by atoms with van der Waals surface area (Å²) in [5.74, 6) is 0.301. The SMILES string of the molecule is O/C(=C\c1cccc(-c2cccc(/C=C(\O)c3ccccc3)n2)n1)c1ccccc1. The molecule has 0 atom stereocenters. The molecule has 4 heteroatoms. The van der Waals surface area contributed by atoms with Gasteiger partial charge in [-0.3, -0.25) is 0 Å². The summed E-state index contributed by atoms with van der Waals surface area (Å²) in [6.07, 6.45) is 3.26. The van der Waals surface area contributed by atoms with Gasteiger partial charge in [0.2, 0.25) is 0 Å². The van der Waals surface area contributed by atoms with Crippen molar-refractivity contribution in [2.45, 2.75) is 0 Å². The summed E-state index contributed by atoms with van der Waals surface area (Å²) in [6, 6.07) is 29.8. The van der Waals surface area contributed by atoms with Crippen LogP contribution in [0.2, 0.25) is 0 Å². The van der Waals surface area contributed by atoms with Crippen LogP contribution in [0.15, 0.2) is 97.1 Å². The van der Waals surface area contributed by atoms with Gasteiger partial charge in [0.05, 0.1) is 22.8 Å². The first-order valence-corrected chi connectivity index (χ1v) is 9.56. The average Bonchev–Trinajstić information content (AvgIpc) is 2.80. The van der Waals surface area contributed by atoms with Crippen LogP contribution in [0.25, 0.3) is 35.1 Å². The molecular formula is C26H20N2O2. The fraction of sp³-hybridized carbons (Fsp3) is 0. The van der Waals surface area contributed by atoms with Gasteiger partial charge in [-0.15, -0.1) is 0 Å². The Morgan fingerprint density at radius 3 is 1.30 bits per heavy atom. The van der Waals surface area contributed by atoms with Gasteiger partial charge in [0.15, 0.2) is 0 Å². The molecule has 2 heterocycles. The summed E-state index contributed by atoms with van der Waals surface area (Å²) in [4.78, 5) is 9.21. The smallest absolute Gasteiger partial charge is 0.124 e. The van der Waals surface area contributed by atoms with E-state index in [2.05, 4.69) is 9.97 Å². The lowest BCUT2D eigenvalue weighted by atomic mass is 10.1. The minimum Gasteiger partial charge on any atom is -0.507 e. The quantitative estimate of drug-likeness (QED) is 0.394. The number of aliphatic hydroxyl groups excluding tert-OH is 2. The van der Waals surface area contributed by atoms with Gasteiger partial charge < -0.3 is 10.2 Å². The van der Waals surface area contributed by atoms with Gasteiger partial charge in [0.1, 0.15) is 11.5 Å². The molecule has 4 nitrogen and oxygen atoms in total. The van der Waals surface area contributed by atoms with Crippen molar-refractivity contribution in [1.29, 1.82) is 0 Å². The second-order valence-corrected chi connectivity index (χ2v) is 6.69. The van der Waals surface area contributed by atoms with Crippen LogP contribution in [-0.2, 0) is 0 Å². The Morgan fingerprint density at radius 2 is 0.900 bits per heavy atom. The number of rotatable bonds is 5. The van der Waals surface area contributed by atoms with E-state index in [-0.39, 0.29) is 11.5 Å². The number of benzene rings is 2. The predicted molar refractivity (Wildman–Crippen MR) is 121 cm³/mol. The van der Waals surface area contributed by atoms with Crippen molar-refractivity contribution < 1.29 is 10.2 Å². The van der Waals surface area contributed by atoms with Crippen molar-refractivity contribution in [2.75, 3.05) is 0 Å². The second kappa shape index (κ2) is 8.88. The van der Waals surface area contributed by atoms with Gasteiger partial charge in [0.25, 0.3) is 0 Å². The molecule has 30 heavy (non-hydrogen) atoms. The number of pyridine rings is 2. The van der Waals surface area contributed by atoms with Gasteiger partial charge in [-0.25, -0.2) is 9.97 Å². The summed E-state index contributed by atoms with van der Waals surface area (Å²) in [5, 5.41) is 20.7. The Hall–Kier alpha value is -4.18. The maximum atomic E-state index is 10.4. The largest absolute Gasteiger partial charge is 0.507 e. The normalized spacial score (nSPS) is 12.0. The van der Waals surface area contributed by atoms with Crippen molar-refractivity contribution in [3.8, 4) is 11.4 Å². The summed E-state index contributed by atoms with van der Waals surface area (Å²) in [5.41, 5.74) is 4.07. The molecule has 4 aromatic rings. The van der Waals surface area contributed by atoms with Crippen LogP contribution >= 0.6 is 0 Å². The maximum Gasteiger partial charge on any atom is 0.124 e. The molecule has 0 spiro atoms. The number of aromatic nitrogens is 2. The van der Waals surface area contributed by atoms with Gasteiger partial charge in [-0.1, -0.05) is 72.8 Å². The van der Waals surface area contributed by atoms with E-state index in [1.54, 1.807) is 12.2 Å². The molecule has 0 aliphatic heterocycles. The lowest BCUT2D eigenvalue weighted by Crippen LogP contribution is -1.92. The molecule has 146 valence electrons. The zero-order chi connectivity index (χ0) is 20.8. The fourth-order valence-corrected chi connectivity index (χ4v) is 3.01. The van der Waals surface area contributed by atoms with Crippen molar-refractivity contribution in [3.05, 3.63) is 120 Å². The van der Waals surface area contributed by atoms with E-state index in [1.165, 1.54) is 0 Å². The highest BCUT2D eigenvalue weighted by atomic mass is 16.3. The molecule has 0 amide bonds. The molecule has 2 aromatic carbocycles. The van der Waals surface area contributed by atoms with Crippen molar-refractivity contribution in [2.24, 2.45) is 0 Å². The first-order chi connectivity index (χ1) is 14.7. The molecular weight excluding hydrogens is 372 g/mol. The van der Waals surface area contributed by atoms with E-state index in [1.807, 2.05) is 97.1 Å². The van der Waals surface area contributed by atoms with Crippen LogP contribution in [0.3, 0.4) is 0 Å². The van der Waals surface area contributed by atoms with Gasteiger partial charge >= 0.3 is 0 Å². The minimum absolute atomic E-state index is 0.151. The average molecular weight is 392 g/mol. The van der Waals surface area contributed by atoms with E-state index in [4.69, 9.17) is 0 Å². The first-order valence-electron chi connectivity index (χ1n) is 9.56. The lowest BCUT2D eigenvalue weighted by Gasteiger charge is -2.05. The first kappa shape index (κ1) is 19.2. The number of nitrogens with zero attached hydrogens (tertiary/aromatic N) is 2. The molecule has 0 radical (unpaired) electrons. The van der Waals surface area contributed by atoms with E-state index < -0.39 is 0 Å². The molecule has 0 unspecified atom stereocenters. The Morgan fingerprint density at radius 1 is 0.500 bits per heavy atom. The highest BCUT2D eigenvalue weighted by Crippen LogP contribution is 2.20. The number of aliphatic hydroxyl groups is 2. The highest BCUT2D eigenvalue weighted by molar-refractivity contribution is 5.77. The molecule has 0 aliphatic rings. The molecule has 0 aliphatic carbocycles. The van der Waals surface area contributed by atoms with Crippen LogP contribution in [0.4, 0.5) is 0 Å². The summed E-state index contributed by atoms with van der Waals surface area (Å²) < 4.78 is 0. The van der Waals surface area contributed by atoms with Crippen LogP contribution < -0.4 is 0 Å². The fourth-order valence-electron chi connectivity index (χ4n) is 3.01. The topological polar surface area (TPSA) is 66.2 Å². The molecule has 2 aromatic heterocycles. The summed E-state index contributed by atoms with van der Waals surface area (Å²) >= 11 is 0. The zero-order valence-corrected chi connectivity index (χ0v) is 16.2. The van der Waals surface area contributed by atoms with E-state index >= 15 is 0 Å². The molecule has 2 N–H and O–H groups in total.